The molecule has 6 heteroatoms. The van der Waals surface area contributed by atoms with E-state index in [-0.39, 0.29) is 5.75 Å². The van der Waals surface area contributed by atoms with E-state index in [9.17, 15) is 13.6 Å². The number of nitriles is 1. The molecule has 0 fully saturated rings. The Hall–Kier alpha value is -1.90. The van der Waals surface area contributed by atoms with E-state index in [1.807, 2.05) is 4.98 Å². The molecule has 0 saturated carbocycles. The Morgan fingerprint density at radius 3 is 2.71 bits per heavy atom. The van der Waals surface area contributed by atoms with Gasteiger partial charge in [-0.25, -0.2) is 8.78 Å². The largest absolute Gasteiger partial charge is 0.491 e. The third-order valence-electron chi connectivity index (χ3n) is 1.60. The Labute approximate surface area is 77.7 Å². The van der Waals surface area contributed by atoms with E-state index < -0.39 is 23.2 Å². The monoisotopic (exact) mass is 200 g/mol. The number of aromatic nitrogens is 1. The van der Waals surface area contributed by atoms with E-state index >= 15 is 0 Å². The zero-order valence-corrected chi connectivity index (χ0v) is 7.17. The van der Waals surface area contributed by atoms with Gasteiger partial charge in [0, 0.05) is 0 Å². The molecule has 1 rings (SSSR count). The van der Waals surface area contributed by atoms with E-state index in [1.165, 1.54) is 13.2 Å². The van der Waals surface area contributed by atoms with Crippen molar-refractivity contribution in [2.24, 2.45) is 0 Å². The number of pyridine rings is 1. The van der Waals surface area contributed by atoms with Crippen molar-refractivity contribution in [1.82, 2.24) is 4.98 Å². The first kappa shape index (κ1) is 10.2. The molecular formula is C8H6F2N2O2. The predicted molar refractivity (Wildman–Crippen MR) is 43.3 cm³/mol. The molecule has 0 amide bonds. The van der Waals surface area contributed by atoms with Gasteiger partial charge in [-0.15, -0.1) is 0 Å². The van der Waals surface area contributed by atoms with Crippen molar-refractivity contribution in [2.45, 2.75) is 6.43 Å². The highest BCUT2D eigenvalue weighted by molar-refractivity contribution is 5.37. The zero-order chi connectivity index (χ0) is 10.7. The number of rotatable bonds is 2. The van der Waals surface area contributed by atoms with Crippen LogP contribution in [0.25, 0.3) is 0 Å². The summed E-state index contributed by atoms with van der Waals surface area (Å²) < 4.78 is 29.2. The van der Waals surface area contributed by atoms with Crippen LogP contribution in [0.1, 0.15) is 17.7 Å². The van der Waals surface area contributed by atoms with Gasteiger partial charge < -0.3 is 9.72 Å². The van der Waals surface area contributed by atoms with Crippen LogP contribution >= 0.6 is 0 Å². The number of hydrogen-bond acceptors (Lipinski definition) is 3. The summed E-state index contributed by atoms with van der Waals surface area (Å²) >= 11 is 0. The third-order valence-corrected chi connectivity index (χ3v) is 1.60. The van der Waals surface area contributed by atoms with Crippen molar-refractivity contribution in [3.63, 3.8) is 0 Å². The van der Waals surface area contributed by atoms with Crippen molar-refractivity contribution >= 4 is 0 Å². The second kappa shape index (κ2) is 3.87. The molecule has 1 N–H and O–H groups in total. The van der Waals surface area contributed by atoms with Crippen molar-refractivity contribution in [3.8, 4) is 11.8 Å². The molecule has 0 radical (unpaired) electrons. The smallest absolute Gasteiger partial charge is 0.291 e. The van der Waals surface area contributed by atoms with Crippen LogP contribution in [0.15, 0.2) is 10.9 Å². The Kier molecular flexibility index (Phi) is 2.82. The minimum absolute atomic E-state index is 0.237. The number of halogens is 2. The summed E-state index contributed by atoms with van der Waals surface area (Å²) in [5.41, 5.74) is -1.68. The molecule has 0 saturated heterocycles. The van der Waals surface area contributed by atoms with Gasteiger partial charge >= 0.3 is 0 Å². The molecule has 0 bridgehead atoms. The lowest BCUT2D eigenvalue weighted by Gasteiger charge is -2.04. The van der Waals surface area contributed by atoms with Crippen molar-refractivity contribution < 1.29 is 13.5 Å². The quantitative estimate of drug-likeness (QED) is 0.779. The summed E-state index contributed by atoms with van der Waals surface area (Å²) in [4.78, 5) is 13.0. The van der Waals surface area contributed by atoms with Crippen LogP contribution < -0.4 is 10.3 Å². The summed E-state index contributed by atoms with van der Waals surface area (Å²) in [6, 6.07) is 2.34. The SMILES string of the molecule is COc1cc(C(F)F)c(C#N)[nH]c1=O. The van der Waals surface area contributed by atoms with Crippen molar-refractivity contribution in [2.75, 3.05) is 7.11 Å². The van der Waals surface area contributed by atoms with Gasteiger partial charge in [0.25, 0.3) is 12.0 Å². The van der Waals surface area contributed by atoms with E-state index in [0.717, 1.165) is 6.07 Å². The van der Waals surface area contributed by atoms with Crippen molar-refractivity contribution in [3.05, 3.63) is 27.7 Å². The fourth-order valence-corrected chi connectivity index (χ4v) is 0.942. The average Bonchev–Trinajstić information content (AvgIpc) is 2.16. The topological polar surface area (TPSA) is 65.9 Å². The normalized spacial score (nSPS) is 9.93. The van der Waals surface area contributed by atoms with Gasteiger partial charge in [0.1, 0.15) is 11.8 Å². The molecule has 14 heavy (non-hydrogen) atoms. The second-order valence-electron chi connectivity index (χ2n) is 2.41. The maximum Gasteiger partial charge on any atom is 0.291 e. The molecule has 1 heterocycles. The van der Waals surface area contributed by atoms with Crippen LogP contribution in [0.5, 0.6) is 5.75 Å². The summed E-state index contributed by atoms with van der Waals surface area (Å²) in [6.45, 7) is 0. The third kappa shape index (κ3) is 1.71. The summed E-state index contributed by atoms with van der Waals surface area (Å²) in [5.74, 6) is -0.237. The number of hydrogen-bond donors (Lipinski definition) is 1. The molecule has 0 atom stereocenters. The molecule has 1 aromatic rings. The molecule has 0 aliphatic carbocycles. The summed E-state index contributed by atoms with van der Waals surface area (Å²) in [7, 11) is 1.19. The van der Waals surface area contributed by atoms with Gasteiger partial charge in [-0.2, -0.15) is 5.26 Å². The van der Waals surface area contributed by atoms with E-state index in [1.54, 1.807) is 0 Å². The first-order valence-electron chi connectivity index (χ1n) is 3.59. The van der Waals surface area contributed by atoms with Crippen LogP contribution in [0.3, 0.4) is 0 Å². The molecule has 4 nitrogen and oxygen atoms in total. The average molecular weight is 200 g/mol. The van der Waals surface area contributed by atoms with E-state index in [2.05, 4.69) is 4.74 Å². The highest BCUT2D eigenvalue weighted by Gasteiger charge is 2.16. The van der Waals surface area contributed by atoms with Gasteiger partial charge in [-0.1, -0.05) is 0 Å². The molecule has 1 aromatic heterocycles. The highest BCUT2D eigenvalue weighted by atomic mass is 19.3. The maximum absolute atomic E-state index is 12.3. The first-order valence-corrected chi connectivity index (χ1v) is 3.59. The standard InChI is InChI=1S/C8H6F2N2O2/c1-14-6-2-4(7(9)10)5(3-11)12-8(6)13/h2,7H,1H3,(H,12,13). The molecule has 0 aliphatic rings. The molecule has 0 unspecified atom stereocenters. The van der Waals surface area contributed by atoms with Gasteiger partial charge in [-0.3, -0.25) is 4.79 Å². The van der Waals surface area contributed by atoms with Gasteiger partial charge in [-0.05, 0) is 6.07 Å². The van der Waals surface area contributed by atoms with Crippen molar-refractivity contribution in [1.29, 1.82) is 5.26 Å². The number of H-pyrrole nitrogens is 1. The maximum atomic E-state index is 12.3. The van der Waals surface area contributed by atoms with Crippen LogP contribution in [0, 0.1) is 11.3 Å². The van der Waals surface area contributed by atoms with Gasteiger partial charge in [0.15, 0.2) is 5.75 Å². The highest BCUT2D eigenvalue weighted by Crippen LogP contribution is 2.22. The van der Waals surface area contributed by atoms with Gasteiger partial charge in [0.05, 0.1) is 12.7 Å². The predicted octanol–water partition coefficient (Wildman–Crippen LogP) is 1.19. The lowest BCUT2D eigenvalue weighted by atomic mass is 10.2. The number of nitrogens with one attached hydrogen (secondary N) is 1. The second-order valence-corrected chi connectivity index (χ2v) is 2.41. The summed E-state index contributed by atoms with van der Waals surface area (Å²) in [6.07, 6.45) is -2.82. The molecule has 0 spiro atoms. The molecular weight excluding hydrogens is 194 g/mol. The zero-order valence-electron chi connectivity index (χ0n) is 7.17. The van der Waals surface area contributed by atoms with E-state index in [4.69, 9.17) is 5.26 Å². The molecule has 0 aromatic carbocycles. The lowest BCUT2D eigenvalue weighted by molar-refractivity contribution is 0.150. The number of ether oxygens (including phenoxy) is 1. The Morgan fingerprint density at radius 2 is 2.29 bits per heavy atom. The minimum Gasteiger partial charge on any atom is -0.491 e. The Bertz CT molecular complexity index is 434. The van der Waals surface area contributed by atoms with Crippen LogP contribution in [0.4, 0.5) is 8.78 Å². The molecule has 0 aliphatic heterocycles. The number of aromatic amines is 1. The fourth-order valence-electron chi connectivity index (χ4n) is 0.942. The van der Waals surface area contributed by atoms with Crippen LogP contribution in [-0.4, -0.2) is 12.1 Å². The lowest BCUT2D eigenvalue weighted by Crippen LogP contribution is -2.12. The first-order chi connectivity index (χ1) is 6.60. The number of methoxy groups -OCH3 is 1. The number of nitrogens with zero attached hydrogens (tertiary/aromatic N) is 1. The minimum atomic E-state index is -2.82. The molecule has 74 valence electrons. The van der Waals surface area contributed by atoms with Gasteiger partial charge in [0.2, 0.25) is 0 Å². The fraction of sp³-hybridized carbons (Fsp3) is 0.250. The Morgan fingerprint density at radius 1 is 1.64 bits per heavy atom. The number of alkyl halides is 2. The van der Waals surface area contributed by atoms with Crippen LogP contribution in [0.2, 0.25) is 0 Å². The Balaban J connectivity index is 3.42. The summed E-state index contributed by atoms with van der Waals surface area (Å²) in [5, 5.41) is 8.46. The van der Waals surface area contributed by atoms with Crippen LogP contribution in [-0.2, 0) is 0 Å². The van der Waals surface area contributed by atoms with E-state index in [0.29, 0.717) is 0 Å².